The first-order valence-electron chi connectivity index (χ1n) is 6.07. The number of unbranched alkanes of at least 4 members (excludes halogenated alkanes) is 2. The van der Waals surface area contributed by atoms with E-state index >= 15 is 0 Å². The minimum Gasteiger partial charge on any atom is -0.479 e. The van der Waals surface area contributed by atoms with Gasteiger partial charge in [-0.1, -0.05) is 26.7 Å². The number of hydrogen-bond donors (Lipinski definition) is 2. The van der Waals surface area contributed by atoms with Gasteiger partial charge in [-0.3, -0.25) is 0 Å². The first kappa shape index (κ1) is 17.8. The number of nitrogens with two attached hydrogens (primary N) is 1. The standard InChI is InChI=1S/C7H14O3.C5H13N/c1-4-5(2)10-6(3)7(8)9;1-2-3-4-5-6/h5-6H,4H2,1-3H3,(H,8,9);2-6H2,1H3. The van der Waals surface area contributed by atoms with E-state index in [0.717, 1.165) is 13.0 Å². The minimum atomic E-state index is -0.902. The Hall–Kier alpha value is -0.610. The average molecular weight is 233 g/mol. The Bertz CT molecular complexity index is 158. The molecule has 0 bridgehead atoms. The molecule has 0 radical (unpaired) electrons. The number of ether oxygens (including phenoxy) is 1. The van der Waals surface area contributed by atoms with E-state index in [1.54, 1.807) is 0 Å². The summed E-state index contributed by atoms with van der Waals surface area (Å²) in [5, 5.41) is 8.40. The van der Waals surface area contributed by atoms with Gasteiger partial charge in [-0.15, -0.1) is 0 Å². The molecule has 98 valence electrons. The van der Waals surface area contributed by atoms with Crippen molar-refractivity contribution in [3.05, 3.63) is 0 Å². The zero-order chi connectivity index (χ0) is 13.0. The lowest BCUT2D eigenvalue weighted by Gasteiger charge is -2.13. The van der Waals surface area contributed by atoms with Crippen molar-refractivity contribution < 1.29 is 14.6 Å². The summed E-state index contributed by atoms with van der Waals surface area (Å²) in [6.45, 7) is 8.39. The summed E-state index contributed by atoms with van der Waals surface area (Å²) >= 11 is 0. The van der Waals surface area contributed by atoms with Gasteiger partial charge in [0.15, 0.2) is 6.10 Å². The van der Waals surface area contributed by atoms with E-state index in [4.69, 9.17) is 15.6 Å². The molecular formula is C12H27NO3. The number of carboxylic acid groups (broad SMARTS) is 1. The zero-order valence-electron chi connectivity index (χ0n) is 11.0. The van der Waals surface area contributed by atoms with Crippen molar-refractivity contribution in [2.24, 2.45) is 5.73 Å². The maximum absolute atomic E-state index is 10.2. The molecule has 0 saturated heterocycles. The van der Waals surface area contributed by atoms with Gasteiger partial charge in [-0.05, 0) is 33.2 Å². The Kier molecular flexibility index (Phi) is 13.8. The summed E-state index contributed by atoms with van der Waals surface area (Å²) < 4.78 is 5.06. The molecule has 0 heterocycles. The third kappa shape index (κ3) is 13.4. The number of carboxylic acids is 1. The second-order valence-electron chi connectivity index (χ2n) is 3.83. The van der Waals surface area contributed by atoms with Crippen LogP contribution in [0.1, 0.15) is 53.4 Å². The van der Waals surface area contributed by atoms with Gasteiger partial charge < -0.3 is 15.6 Å². The lowest BCUT2D eigenvalue weighted by atomic mass is 10.3. The number of aliphatic carboxylic acids is 1. The smallest absolute Gasteiger partial charge is 0.332 e. The monoisotopic (exact) mass is 233 g/mol. The van der Waals surface area contributed by atoms with Gasteiger partial charge in [0.05, 0.1) is 6.10 Å². The predicted molar refractivity (Wildman–Crippen MR) is 66.5 cm³/mol. The fourth-order valence-corrected chi connectivity index (χ4v) is 0.897. The van der Waals surface area contributed by atoms with Gasteiger partial charge in [0.1, 0.15) is 0 Å². The molecule has 3 N–H and O–H groups in total. The second-order valence-corrected chi connectivity index (χ2v) is 3.83. The maximum atomic E-state index is 10.2. The summed E-state index contributed by atoms with van der Waals surface area (Å²) in [4.78, 5) is 10.2. The van der Waals surface area contributed by atoms with E-state index in [-0.39, 0.29) is 6.10 Å². The Morgan fingerprint density at radius 2 is 1.88 bits per heavy atom. The van der Waals surface area contributed by atoms with Crippen LogP contribution in [0.3, 0.4) is 0 Å². The van der Waals surface area contributed by atoms with Crippen molar-refractivity contribution in [2.45, 2.75) is 65.6 Å². The molecule has 0 aromatic rings. The van der Waals surface area contributed by atoms with Crippen LogP contribution in [-0.4, -0.2) is 29.8 Å². The first-order chi connectivity index (χ1) is 7.49. The largest absolute Gasteiger partial charge is 0.479 e. The van der Waals surface area contributed by atoms with Crippen molar-refractivity contribution in [1.82, 2.24) is 0 Å². The third-order valence-electron chi connectivity index (χ3n) is 2.17. The highest BCUT2D eigenvalue weighted by Crippen LogP contribution is 2.00. The molecule has 0 fully saturated rings. The van der Waals surface area contributed by atoms with Gasteiger partial charge in [0.25, 0.3) is 0 Å². The molecule has 0 aromatic heterocycles. The maximum Gasteiger partial charge on any atom is 0.332 e. The van der Waals surface area contributed by atoms with Crippen molar-refractivity contribution in [2.75, 3.05) is 6.54 Å². The molecule has 4 heteroatoms. The van der Waals surface area contributed by atoms with Crippen molar-refractivity contribution in [3.63, 3.8) is 0 Å². The lowest BCUT2D eigenvalue weighted by Crippen LogP contribution is -2.24. The van der Waals surface area contributed by atoms with Crippen LogP contribution in [0.2, 0.25) is 0 Å². The zero-order valence-corrected chi connectivity index (χ0v) is 11.0. The van der Waals surface area contributed by atoms with Gasteiger partial charge in [0, 0.05) is 0 Å². The molecule has 0 aliphatic rings. The molecule has 0 aliphatic heterocycles. The van der Waals surface area contributed by atoms with Crippen LogP contribution >= 0.6 is 0 Å². The molecule has 0 saturated carbocycles. The molecule has 2 unspecified atom stereocenters. The summed E-state index contributed by atoms with van der Waals surface area (Å²) in [7, 11) is 0. The molecule has 0 amide bonds. The van der Waals surface area contributed by atoms with E-state index in [0.29, 0.717) is 0 Å². The van der Waals surface area contributed by atoms with E-state index in [1.807, 2.05) is 13.8 Å². The van der Waals surface area contributed by atoms with Crippen LogP contribution < -0.4 is 5.73 Å². The SMILES string of the molecule is CCC(C)OC(C)C(=O)O.CCCCCN. The topological polar surface area (TPSA) is 72.5 Å². The van der Waals surface area contributed by atoms with E-state index in [9.17, 15) is 4.79 Å². The predicted octanol–water partition coefficient (Wildman–Crippen LogP) is 2.41. The number of carbonyl (C=O) groups is 1. The Labute approximate surface area is 99.2 Å². The summed E-state index contributed by atoms with van der Waals surface area (Å²) in [5.41, 5.74) is 5.21. The molecule has 0 aliphatic carbocycles. The Morgan fingerprint density at radius 1 is 1.31 bits per heavy atom. The van der Waals surface area contributed by atoms with Crippen LogP contribution in [0.15, 0.2) is 0 Å². The molecule has 4 nitrogen and oxygen atoms in total. The van der Waals surface area contributed by atoms with Crippen LogP contribution in [0.5, 0.6) is 0 Å². The van der Waals surface area contributed by atoms with Crippen molar-refractivity contribution in [1.29, 1.82) is 0 Å². The van der Waals surface area contributed by atoms with Crippen molar-refractivity contribution in [3.8, 4) is 0 Å². The fraction of sp³-hybridized carbons (Fsp3) is 0.917. The summed E-state index contributed by atoms with van der Waals surface area (Å²) in [6, 6.07) is 0. The summed E-state index contributed by atoms with van der Waals surface area (Å²) in [6.07, 6.45) is 3.95. The van der Waals surface area contributed by atoms with Crippen molar-refractivity contribution >= 4 is 5.97 Å². The highest BCUT2D eigenvalue weighted by Gasteiger charge is 2.13. The van der Waals surface area contributed by atoms with E-state index in [2.05, 4.69) is 6.92 Å². The first-order valence-corrected chi connectivity index (χ1v) is 6.07. The fourth-order valence-electron chi connectivity index (χ4n) is 0.897. The average Bonchev–Trinajstić information content (AvgIpc) is 2.26. The van der Waals surface area contributed by atoms with Gasteiger partial charge >= 0.3 is 5.97 Å². The third-order valence-corrected chi connectivity index (χ3v) is 2.17. The molecular weight excluding hydrogens is 206 g/mol. The van der Waals surface area contributed by atoms with Crippen LogP contribution in [0, 0.1) is 0 Å². The van der Waals surface area contributed by atoms with E-state index < -0.39 is 12.1 Å². The van der Waals surface area contributed by atoms with Gasteiger partial charge in [-0.25, -0.2) is 4.79 Å². The molecule has 2 atom stereocenters. The highest BCUT2D eigenvalue weighted by molar-refractivity contribution is 5.71. The van der Waals surface area contributed by atoms with Crippen LogP contribution in [0.4, 0.5) is 0 Å². The van der Waals surface area contributed by atoms with Crippen LogP contribution in [0.25, 0.3) is 0 Å². The van der Waals surface area contributed by atoms with Crippen LogP contribution in [-0.2, 0) is 9.53 Å². The Balaban J connectivity index is 0. The second kappa shape index (κ2) is 12.5. The minimum absolute atomic E-state index is 0.0334. The summed E-state index contributed by atoms with van der Waals surface area (Å²) in [5.74, 6) is -0.902. The molecule has 0 aromatic carbocycles. The Morgan fingerprint density at radius 3 is 2.12 bits per heavy atom. The molecule has 0 rings (SSSR count). The number of rotatable bonds is 7. The highest BCUT2D eigenvalue weighted by atomic mass is 16.5. The quantitative estimate of drug-likeness (QED) is 0.662. The lowest BCUT2D eigenvalue weighted by molar-refractivity contribution is -0.152. The normalized spacial score (nSPS) is 13.6. The molecule has 16 heavy (non-hydrogen) atoms. The van der Waals surface area contributed by atoms with Gasteiger partial charge in [0.2, 0.25) is 0 Å². The number of hydrogen-bond acceptors (Lipinski definition) is 3. The van der Waals surface area contributed by atoms with E-state index in [1.165, 1.54) is 26.2 Å². The molecule has 0 spiro atoms. The van der Waals surface area contributed by atoms with Gasteiger partial charge in [-0.2, -0.15) is 0 Å².